The number of carbonyl (C=O) groups is 2. The average Bonchev–Trinajstić information content (AvgIpc) is 3.07. The molecule has 2 aromatic rings. The topological polar surface area (TPSA) is 117 Å². The molecule has 0 saturated carbocycles. The monoisotopic (exact) mass is 452 g/mol. The minimum Gasteiger partial charge on any atom is -0.383 e. The summed E-state index contributed by atoms with van der Waals surface area (Å²) in [4.78, 5) is 30.4. The van der Waals surface area contributed by atoms with E-state index in [0.717, 1.165) is 28.2 Å². The first-order chi connectivity index (χ1) is 14.3. The zero-order valence-corrected chi connectivity index (χ0v) is 16.9. The van der Waals surface area contributed by atoms with Gasteiger partial charge in [-0.3, -0.25) is 14.6 Å². The Kier molecular flexibility index (Phi) is 6.54. The minimum absolute atomic E-state index is 0. The predicted molar refractivity (Wildman–Crippen MR) is 111 cm³/mol. The smallest absolute Gasteiger partial charge is 0.259 e. The first kappa shape index (κ1) is 22.6. The molecule has 0 radical (unpaired) electrons. The Bertz CT molecular complexity index is 1050. The fraction of sp³-hybridized carbons (Fsp3) is 0.250. The Hall–Kier alpha value is -3.08. The standard InChI is InChI=1S/C20H18F2N4O4.ClH/c21-11-6-12(22)8-14(7-11)26-3-4-30-17(20(26)29)16(27)19(28)25-13-1-2-15-10(5-13)9-24-18(15)23;/h1-2,5-8,16-17,27H,3-4,9H2,(H2,23,24)(H,25,28);1H/t16-,17-;/m1./s1. The number of aliphatic imine (C=N–C) groups is 1. The van der Waals surface area contributed by atoms with Crippen LogP contribution in [0.3, 0.4) is 0 Å². The molecule has 1 fully saturated rings. The summed E-state index contributed by atoms with van der Waals surface area (Å²) in [5, 5.41) is 12.9. The van der Waals surface area contributed by atoms with Crippen molar-refractivity contribution in [2.75, 3.05) is 23.4 Å². The number of halogens is 3. The summed E-state index contributed by atoms with van der Waals surface area (Å²) in [6, 6.07) is 7.65. The van der Waals surface area contributed by atoms with Crippen LogP contribution in [-0.4, -0.2) is 48.1 Å². The zero-order chi connectivity index (χ0) is 21.4. The molecular formula is C20H19ClF2N4O4. The van der Waals surface area contributed by atoms with E-state index in [2.05, 4.69) is 10.3 Å². The van der Waals surface area contributed by atoms with Crippen molar-refractivity contribution in [2.24, 2.45) is 10.7 Å². The largest absolute Gasteiger partial charge is 0.383 e. The van der Waals surface area contributed by atoms with Crippen LogP contribution in [0.25, 0.3) is 0 Å². The van der Waals surface area contributed by atoms with E-state index in [1.54, 1.807) is 18.2 Å². The van der Waals surface area contributed by atoms with Crippen LogP contribution < -0.4 is 16.0 Å². The van der Waals surface area contributed by atoms with Crippen LogP contribution in [0.1, 0.15) is 11.1 Å². The van der Waals surface area contributed by atoms with E-state index in [9.17, 15) is 23.5 Å². The number of aliphatic hydroxyl groups is 1. The van der Waals surface area contributed by atoms with E-state index in [0.29, 0.717) is 24.1 Å². The molecule has 0 unspecified atom stereocenters. The first-order valence-corrected chi connectivity index (χ1v) is 9.15. The second-order valence-electron chi connectivity index (χ2n) is 6.92. The van der Waals surface area contributed by atoms with E-state index in [4.69, 9.17) is 10.5 Å². The molecule has 164 valence electrons. The molecule has 2 heterocycles. The molecule has 0 spiro atoms. The Balaban J connectivity index is 0.00000272. The van der Waals surface area contributed by atoms with Gasteiger partial charge in [-0.25, -0.2) is 8.78 Å². The van der Waals surface area contributed by atoms with Gasteiger partial charge in [-0.15, -0.1) is 12.4 Å². The summed E-state index contributed by atoms with van der Waals surface area (Å²) >= 11 is 0. The maximum atomic E-state index is 13.5. The van der Waals surface area contributed by atoms with Gasteiger partial charge >= 0.3 is 0 Å². The van der Waals surface area contributed by atoms with Gasteiger partial charge in [0.15, 0.2) is 12.2 Å². The normalized spacial score (nSPS) is 18.7. The van der Waals surface area contributed by atoms with Gasteiger partial charge in [0.05, 0.1) is 13.2 Å². The van der Waals surface area contributed by atoms with Crippen molar-refractivity contribution in [1.29, 1.82) is 0 Å². The molecule has 2 aliphatic rings. The number of amides is 2. The number of ether oxygens (including phenoxy) is 1. The second-order valence-corrected chi connectivity index (χ2v) is 6.92. The first-order valence-electron chi connectivity index (χ1n) is 9.15. The zero-order valence-electron chi connectivity index (χ0n) is 16.0. The summed E-state index contributed by atoms with van der Waals surface area (Å²) in [7, 11) is 0. The van der Waals surface area contributed by atoms with Crippen LogP contribution in [0.5, 0.6) is 0 Å². The molecular weight excluding hydrogens is 434 g/mol. The van der Waals surface area contributed by atoms with Crippen LogP contribution in [0.15, 0.2) is 41.4 Å². The van der Waals surface area contributed by atoms with E-state index < -0.39 is 35.7 Å². The number of fused-ring (bicyclic) bond motifs is 1. The molecule has 0 bridgehead atoms. The lowest BCUT2D eigenvalue weighted by Gasteiger charge is -2.34. The number of hydrogen-bond acceptors (Lipinski definition) is 6. The molecule has 2 atom stereocenters. The van der Waals surface area contributed by atoms with Gasteiger partial charge in [0, 0.05) is 29.5 Å². The number of carbonyl (C=O) groups excluding carboxylic acids is 2. The van der Waals surface area contributed by atoms with Crippen molar-refractivity contribution in [2.45, 2.75) is 18.8 Å². The molecule has 31 heavy (non-hydrogen) atoms. The lowest BCUT2D eigenvalue weighted by atomic mass is 10.1. The number of amidine groups is 1. The highest BCUT2D eigenvalue weighted by atomic mass is 35.5. The SMILES string of the molecule is Cl.NC1=NCc2cc(NC(=O)[C@H](O)[C@H]3OCCN(c4cc(F)cc(F)c4)C3=O)ccc21. The van der Waals surface area contributed by atoms with E-state index in [-0.39, 0.29) is 31.2 Å². The van der Waals surface area contributed by atoms with Gasteiger partial charge in [0.25, 0.3) is 11.8 Å². The third-order valence-electron chi connectivity index (χ3n) is 4.90. The van der Waals surface area contributed by atoms with Crippen LogP contribution in [-0.2, 0) is 20.9 Å². The number of anilines is 2. The molecule has 8 nitrogen and oxygen atoms in total. The average molecular weight is 453 g/mol. The van der Waals surface area contributed by atoms with Crippen molar-refractivity contribution in [3.8, 4) is 0 Å². The van der Waals surface area contributed by atoms with Crippen LogP contribution in [0.2, 0.25) is 0 Å². The Morgan fingerprint density at radius 3 is 2.68 bits per heavy atom. The molecule has 2 aromatic carbocycles. The number of nitrogens with zero attached hydrogens (tertiary/aromatic N) is 2. The lowest BCUT2D eigenvalue weighted by Crippen LogP contribution is -2.55. The third-order valence-corrected chi connectivity index (χ3v) is 4.90. The predicted octanol–water partition coefficient (Wildman–Crippen LogP) is 1.34. The Labute approximate surface area is 182 Å². The Morgan fingerprint density at radius 2 is 1.97 bits per heavy atom. The summed E-state index contributed by atoms with van der Waals surface area (Å²) in [6.45, 7) is 0.393. The van der Waals surface area contributed by atoms with Crippen molar-refractivity contribution in [3.05, 3.63) is 59.2 Å². The third kappa shape index (κ3) is 4.50. The van der Waals surface area contributed by atoms with Crippen molar-refractivity contribution >= 4 is 41.4 Å². The van der Waals surface area contributed by atoms with Crippen molar-refractivity contribution in [1.82, 2.24) is 0 Å². The van der Waals surface area contributed by atoms with Gasteiger partial charge in [-0.1, -0.05) is 0 Å². The second kappa shape index (κ2) is 8.96. The molecule has 4 rings (SSSR count). The number of rotatable bonds is 4. The Morgan fingerprint density at radius 1 is 1.26 bits per heavy atom. The van der Waals surface area contributed by atoms with Gasteiger partial charge < -0.3 is 25.8 Å². The maximum absolute atomic E-state index is 13.5. The van der Waals surface area contributed by atoms with E-state index in [1.807, 2.05) is 0 Å². The number of morpholine rings is 1. The molecule has 1 saturated heterocycles. The highest BCUT2D eigenvalue weighted by Crippen LogP contribution is 2.24. The van der Waals surface area contributed by atoms with Crippen LogP contribution in [0.4, 0.5) is 20.2 Å². The lowest BCUT2D eigenvalue weighted by molar-refractivity contribution is -0.150. The fourth-order valence-corrected chi connectivity index (χ4v) is 3.45. The molecule has 2 amide bonds. The van der Waals surface area contributed by atoms with Gasteiger partial charge in [0.2, 0.25) is 0 Å². The summed E-state index contributed by atoms with van der Waals surface area (Å²) in [6.07, 6.45) is -3.34. The molecule has 11 heteroatoms. The molecule has 0 aromatic heterocycles. The van der Waals surface area contributed by atoms with Crippen molar-refractivity contribution in [3.63, 3.8) is 0 Å². The van der Waals surface area contributed by atoms with E-state index in [1.165, 1.54) is 0 Å². The summed E-state index contributed by atoms with van der Waals surface area (Å²) in [5.41, 5.74) is 7.73. The number of aliphatic hydroxyl groups excluding tert-OH is 1. The van der Waals surface area contributed by atoms with E-state index >= 15 is 0 Å². The number of nitrogens with one attached hydrogen (secondary N) is 1. The molecule has 2 aliphatic heterocycles. The van der Waals surface area contributed by atoms with Gasteiger partial charge in [0.1, 0.15) is 17.5 Å². The summed E-state index contributed by atoms with van der Waals surface area (Å²) in [5.74, 6) is -2.91. The highest BCUT2D eigenvalue weighted by Gasteiger charge is 2.39. The number of hydrogen-bond donors (Lipinski definition) is 3. The number of nitrogens with two attached hydrogens (primary N) is 1. The van der Waals surface area contributed by atoms with Crippen LogP contribution >= 0.6 is 12.4 Å². The minimum atomic E-state index is -1.83. The highest BCUT2D eigenvalue weighted by molar-refractivity contribution is 6.04. The van der Waals surface area contributed by atoms with Crippen LogP contribution in [0, 0.1) is 11.6 Å². The summed E-state index contributed by atoms with van der Waals surface area (Å²) < 4.78 is 32.3. The van der Waals surface area contributed by atoms with Gasteiger partial charge in [-0.05, 0) is 35.9 Å². The van der Waals surface area contributed by atoms with Crippen molar-refractivity contribution < 1.29 is 28.2 Å². The quantitative estimate of drug-likeness (QED) is 0.647. The molecule has 4 N–H and O–H groups in total. The maximum Gasteiger partial charge on any atom is 0.259 e. The molecule has 0 aliphatic carbocycles. The fourth-order valence-electron chi connectivity index (χ4n) is 3.45. The van der Waals surface area contributed by atoms with Gasteiger partial charge in [-0.2, -0.15) is 0 Å². The number of benzene rings is 2.